The quantitative estimate of drug-likeness (QED) is 0.192. The molecule has 214 valence electrons. The van der Waals surface area contributed by atoms with Crippen LogP contribution >= 0.6 is 0 Å². The zero-order valence-corrected chi connectivity index (χ0v) is 24.9. The van der Waals surface area contributed by atoms with Crippen molar-refractivity contribution in [1.82, 2.24) is 0 Å². The fraction of sp³-hybridized carbons (Fsp3) is 0. The Hall–Kier alpha value is -6.12. The van der Waals surface area contributed by atoms with Gasteiger partial charge in [0.25, 0.3) is 0 Å². The Bertz CT molecular complexity index is 2820. The molecule has 10 rings (SSSR count). The molecular weight excluding hydrogens is 558 g/mol. The highest BCUT2D eigenvalue weighted by molar-refractivity contribution is 6.20. The molecule has 0 bridgehead atoms. The minimum atomic E-state index is 0.881. The SMILES string of the molecule is c1ccc2c(N(c3ccc4c(c3)oc3c5ccccc5ccc43)c3cccc4c3ccc3c5ccccc5ccc43)cccc2c1. The van der Waals surface area contributed by atoms with Gasteiger partial charge < -0.3 is 9.32 Å². The summed E-state index contributed by atoms with van der Waals surface area (Å²) in [7, 11) is 0. The molecule has 10 aromatic rings. The van der Waals surface area contributed by atoms with Crippen LogP contribution in [0.2, 0.25) is 0 Å². The van der Waals surface area contributed by atoms with Gasteiger partial charge >= 0.3 is 0 Å². The van der Waals surface area contributed by atoms with E-state index in [2.05, 4.69) is 169 Å². The van der Waals surface area contributed by atoms with Crippen molar-refractivity contribution >= 4 is 92.9 Å². The first-order valence-corrected chi connectivity index (χ1v) is 15.8. The van der Waals surface area contributed by atoms with Gasteiger partial charge in [0, 0.05) is 38.7 Å². The second-order valence-electron chi connectivity index (χ2n) is 12.1. The molecular formula is C44H27NO. The lowest BCUT2D eigenvalue weighted by atomic mass is 9.95. The molecule has 0 atom stereocenters. The monoisotopic (exact) mass is 585 g/mol. The average molecular weight is 586 g/mol. The highest BCUT2D eigenvalue weighted by Gasteiger charge is 2.20. The van der Waals surface area contributed by atoms with E-state index in [1.54, 1.807) is 0 Å². The van der Waals surface area contributed by atoms with Crippen molar-refractivity contribution in [2.24, 2.45) is 0 Å². The van der Waals surface area contributed by atoms with E-state index in [9.17, 15) is 0 Å². The van der Waals surface area contributed by atoms with Crippen LogP contribution in [-0.2, 0) is 0 Å². The highest BCUT2D eigenvalue weighted by atomic mass is 16.3. The van der Waals surface area contributed by atoms with E-state index in [0.29, 0.717) is 0 Å². The van der Waals surface area contributed by atoms with Crippen molar-refractivity contribution in [2.45, 2.75) is 0 Å². The normalized spacial score (nSPS) is 11.9. The fourth-order valence-corrected chi connectivity index (χ4v) is 7.48. The maximum Gasteiger partial charge on any atom is 0.143 e. The molecule has 0 amide bonds. The third-order valence-corrected chi connectivity index (χ3v) is 9.61. The van der Waals surface area contributed by atoms with Gasteiger partial charge in [-0.1, -0.05) is 127 Å². The number of rotatable bonds is 3. The van der Waals surface area contributed by atoms with Gasteiger partial charge in [-0.3, -0.25) is 0 Å². The Balaban J connectivity index is 1.27. The van der Waals surface area contributed by atoms with Crippen LogP contribution < -0.4 is 4.90 Å². The lowest BCUT2D eigenvalue weighted by molar-refractivity contribution is 0.673. The van der Waals surface area contributed by atoms with E-state index >= 15 is 0 Å². The predicted molar refractivity (Wildman–Crippen MR) is 196 cm³/mol. The van der Waals surface area contributed by atoms with E-state index in [1.807, 2.05) is 0 Å². The number of fused-ring (bicyclic) bond motifs is 11. The van der Waals surface area contributed by atoms with Crippen LogP contribution in [-0.4, -0.2) is 0 Å². The third kappa shape index (κ3) is 3.65. The van der Waals surface area contributed by atoms with Gasteiger partial charge in [0.1, 0.15) is 11.2 Å². The Morgan fingerprint density at radius 2 is 0.826 bits per heavy atom. The average Bonchev–Trinajstić information content (AvgIpc) is 3.50. The summed E-state index contributed by atoms with van der Waals surface area (Å²) in [6.07, 6.45) is 0. The van der Waals surface area contributed by atoms with Crippen molar-refractivity contribution in [3.63, 3.8) is 0 Å². The van der Waals surface area contributed by atoms with E-state index in [0.717, 1.165) is 44.4 Å². The van der Waals surface area contributed by atoms with Crippen LogP contribution in [0.25, 0.3) is 75.8 Å². The molecule has 1 aromatic heterocycles. The van der Waals surface area contributed by atoms with Gasteiger partial charge in [-0.15, -0.1) is 0 Å². The molecule has 0 saturated carbocycles. The number of benzene rings is 9. The summed E-state index contributed by atoms with van der Waals surface area (Å²) in [4.78, 5) is 2.41. The van der Waals surface area contributed by atoms with Crippen LogP contribution in [0, 0.1) is 0 Å². The van der Waals surface area contributed by atoms with Gasteiger partial charge in [-0.05, 0) is 68.0 Å². The molecule has 0 saturated heterocycles. The highest BCUT2D eigenvalue weighted by Crippen LogP contribution is 2.45. The first-order valence-electron chi connectivity index (χ1n) is 15.8. The number of anilines is 3. The summed E-state index contributed by atoms with van der Waals surface area (Å²) in [6, 6.07) is 59.1. The van der Waals surface area contributed by atoms with E-state index in [-0.39, 0.29) is 0 Å². The van der Waals surface area contributed by atoms with Gasteiger partial charge in [0.2, 0.25) is 0 Å². The first-order chi connectivity index (χ1) is 22.8. The maximum absolute atomic E-state index is 6.68. The molecule has 0 aliphatic heterocycles. The second kappa shape index (κ2) is 9.69. The van der Waals surface area contributed by atoms with Crippen molar-refractivity contribution in [3.8, 4) is 0 Å². The minimum absolute atomic E-state index is 0.881. The Morgan fingerprint density at radius 3 is 1.65 bits per heavy atom. The van der Waals surface area contributed by atoms with Crippen molar-refractivity contribution < 1.29 is 4.42 Å². The Labute approximate surface area is 265 Å². The van der Waals surface area contributed by atoms with Gasteiger partial charge in [-0.2, -0.15) is 0 Å². The summed E-state index contributed by atoms with van der Waals surface area (Å²) >= 11 is 0. The molecule has 0 spiro atoms. The molecule has 0 aliphatic rings. The smallest absolute Gasteiger partial charge is 0.143 e. The molecule has 2 heteroatoms. The number of hydrogen-bond donors (Lipinski definition) is 0. The molecule has 9 aromatic carbocycles. The maximum atomic E-state index is 6.68. The van der Waals surface area contributed by atoms with Crippen molar-refractivity contribution in [3.05, 3.63) is 164 Å². The summed E-state index contributed by atoms with van der Waals surface area (Å²) in [5.74, 6) is 0. The lowest BCUT2D eigenvalue weighted by Crippen LogP contribution is -2.11. The molecule has 0 unspecified atom stereocenters. The van der Waals surface area contributed by atoms with Gasteiger partial charge in [0.15, 0.2) is 0 Å². The van der Waals surface area contributed by atoms with Crippen LogP contribution in [0.3, 0.4) is 0 Å². The predicted octanol–water partition coefficient (Wildman–Crippen LogP) is 12.8. The van der Waals surface area contributed by atoms with Crippen LogP contribution in [0.4, 0.5) is 17.1 Å². The first kappa shape index (κ1) is 25.2. The molecule has 0 N–H and O–H groups in total. The molecule has 46 heavy (non-hydrogen) atoms. The van der Waals surface area contributed by atoms with Gasteiger partial charge in [0.05, 0.1) is 11.4 Å². The second-order valence-corrected chi connectivity index (χ2v) is 12.1. The summed E-state index contributed by atoms with van der Waals surface area (Å²) < 4.78 is 6.68. The van der Waals surface area contributed by atoms with Crippen molar-refractivity contribution in [1.29, 1.82) is 0 Å². The number of hydrogen-bond acceptors (Lipinski definition) is 2. The summed E-state index contributed by atoms with van der Waals surface area (Å²) in [5.41, 5.74) is 5.13. The Morgan fingerprint density at radius 1 is 0.326 bits per heavy atom. The summed E-state index contributed by atoms with van der Waals surface area (Å²) in [5, 5.41) is 14.5. The number of nitrogens with zero attached hydrogens (tertiary/aromatic N) is 1. The number of furan rings is 1. The van der Waals surface area contributed by atoms with E-state index < -0.39 is 0 Å². The lowest BCUT2D eigenvalue weighted by Gasteiger charge is -2.28. The van der Waals surface area contributed by atoms with E-state index in [1.165, 1.54) is 48.5 Å². The van der Waals surface area contributed by atoms with Crippen LogP contribution in [0.5, 0.6) is 0 Å². The molecule has 2 nitrogen and oxygen atoms in total. The molecule has 0 aliphatic carbocycles. The van der Waals surface area contributed by atoms with Crippen LogP contribution in [0.1, 0.15) is 0 Å². The third-order valence-electron chi connectivity index (χ3n) is 9.61. The molecule has 0 fully saturated rings. The Kier molecular flexibility index (Phi) is 5.31. The zero-order chi connectivity index (χ0) is 30.2. The largest absolute Gasteiger partial charge is 0.455 e. The fourth-order valence-electron chi connectivity index (χ4n) is 7.48. The van der Waals surface area contributed by atoms with E-state index in [4.69, 9.17) is 4.42 Å². The molecule has 1 heterocycles. The molecule has 0 radical (unpaired) electrons. The van der Waals surface area contributed by atoms with Crippen LogP contribution in [0.15, 0.2) is 168 Å². The topological polar surface area (TPSA) is 16.4 Å². The standard InChI is InChI=1S/C44H27NO/c1-4-13-32-29(10-1)19-22-37-35-16-8-18-42(38(35)26-25-36(32)37)45(41-17-7-12-28-9-2-5-14-33(28)41)31-21-24-39-40-23-20-30-11-3-6-15-34(30)44(40)46-43(39)27-31/h1-27H. The van der Waals surface area contributed by atoms with Gasteiger partial charge in [-0.25, -0.2) is 0 Å². The van der Waals surface area contributed by atoms with Crippen molar-refractivity contribution in [2.75, 3.05) is 4.90 Å². The minimum Gasteiger partial charge on any atom is -0.455 e. The zero-order valence-electron chi connectivity index (χ0n) is 24.9. The summed E-state index contributed by atoms with van der Waals surface area (Å²) in [6.45, 7) is 0.